The Kier molecular flexibility index (Phi) is 2.33. The van der Waals surface area contributed by atoms with E-state index in [0.29, 0.717) is 11.9 Å². The first kappa shape index (κ1) is 10.0. The maximum atomic E-state index is 5.90. The lowest BCUT2D eigenvalue weighted by Gasteiger charge is -2.02. The third-order valence-corrected chi connectivity index (χ3v) is 4.23. The van der Waals surface area contributed by atoms with E-state index >= 15 is 0 Å². The summed E-state index contributed by atoms with van der Waals surface area (Å²) in [6.45, 7) is 1.99. The second-order valence-electron chi connectivity index (χ2n) is 3.98. The monoisotopic (exact) mass is 252 g/mol. The minimum Gasteiger partial charge on any atom is -0.382 e. The van der Waals surface area contributed by atoms with E-state index in [-0.39, 0.29) is 0 Å². The normalized spacial score (nSPS) is 15.3. The Morgan fingerprint density at radius 3 is 2.94 bits per heavy atom. The molecule has 4 nitrogen and oxygen atoms in total. The largest absolute Gasteiger partial charge is 0.382 e. The third kappa shape index (κ3) is 1.78. The van der Waals surface area contributed by atoms with Crippen LogP contribution < -0.4 is 11.1 Å². The zero-order valence-electron chi connectivity index (χ0n) is 8.86. The van der Waals surface area contributed by atoms with Crippen LogP contribution >= 0.6 is 22.9 Å². The van der Waals surface area contributed by atoms with Crippen molar-refractivity contribution in [2.45, 2.75) is 25.8 Å². The fourth-order valence-corrected chi connectivity index (χ4v) is 3.20. The zero-order chi connectivity index (χ0) is 11.1. The summed E-state index contributed by atoms with van der Waals surface area (Å²) in [4.78, 5) is 4.47. The van der Waals surface area contributed by atoms with E-state index in [0.717, 1.165) is 21.3 Å². The molecule has 1 fully saturated rings. The van der Waals surface area contributed by atoms with E-state index in [1.807, 2.05) is 12.3 Å². The van der Waals surface area contributed by atoms with Crippen LogP contribution in [-0.4, -0.2) is 15.4 Å². The van der Waals surface area contributed by atoms with Crippen LogP contribution in [0.2, 0.25) is 0 Å². The molecule has 1 saturated carbocycles. The quantitative estimate of drug-likeness (QED) is 0.881. The smallest absolute Gasteiger partial charge is 0.149 e. The van der Waals surface area contributed by atoms with Gasteiger partial charge >= 0.3 is 0 Å². The van der Waals surface area contributed by atoms with Crippen molar-refractivity contribution >= 4 is 33.7 Å². The first-order valence-corrected chi connectivity index (χ1v) is 6.83. The van der Waals surface area contributed by atoms with E-state index in [1.165, 1.54) is 24.4 Å². The molecule has 0 aliphatic heterocycles. The molecule has 84 valence electrons. The van der Waals surface area contributed by atoms with Crippen molar-refractivity contribution in [3.8, 4) is 10.6 Å². The molecular weight excluding hydrogens is 240 g/mol. The van der Waals surface area contributed by atoms with E-state index < -0.39 is 0 Å². The molecule has 6 heteroatoms. The number of aryl methyl sites for hydroxylation is 1. The molecule has 0 aromatic carbocycles. The second-order valence-corrected chi connectivity index (χ2v) is 5.62. The molecular formula is C10H12N4S2. The highest BCUT2D eigenvalue weighted by atomic mass is 32.1. The summed E-state index contributed by atoms with van der Waals surface area (Å²) in [5.74, 6) is 0.586. The van der Waals surface area contributed by atoms with Gasteiger partial charge in [0.25, 0.3) is 0 Å². The number of anilines is 2. The number of hydrogen-bond donors (Lipinski definition) is 2. The van der Waals surface area contributed by atoms with Gasteiger partial charge in [-0.05, 0) is 31.3 Å². The van der Waals surface area contributed by atoms with Crippen LogP contribution in [0.3, 0.4) is 0 Å². The number of nitrogens with one attached hydrogen (secondary N) is 1. The van der Waals surface area contributed by atoms with Crippen LogP contribution in [0.4, 0.5) is 10.8 Å². The predicted molar refractivity (Wildman–Crippen MR) is 69.0 cm³/mol. The van der Waals surface area contributed by atoms with Gasteiger partial charge in [0, 0.05) is 17.1 Å². The SMILES string of the molecule is Cc1csc(-c2c(N)nsc2NC2CC2)n1. The average molecular weight is 252 g/mol. The number of rotatable bonds is 3. The molecule has 0 unspecified atom stereocenters. The summed E-state index contributed by atoms with van der Waals surface area (Å²) in [5.41, 5.74) is 7.92. The van der Waals surface area contributed by atoms with Crippen molar-refractivity contribution in [3.05, 3.63) is 11.1 Å². The van der Waals surface area contributed by atoms with Gasteiger partial charge in [0.15, 0.2) is 0 Å². The fourth-order valence-electron chi connectivity index (χ4n) is 1.49. The van der Waals surface area contributed by atoms with Gasteiger partial charge in [-0.2, -0.15) is 4.37 Å². The maximum absolute atomic E-state index is 5.90. The van der Waals surface area contributed by atoms with Crippen LogP contribution in [0, 0.1) is 6.92 Å². The van der Waals surface area contributed by atoms with E-state index in [4.69, 9.17) is 5.73 Å². The van der Waals surface area contributed by atoms with E-state index in [1.54, 1.807) is 11.3 Å². The minimum atomic E-state index is 0.586. The summed E-state index contributed by atoms with van der Waals surface area (Å²) < 4.78 is 4.21. The molecule has 0 amide bonds. The van der Waals surface area contributed by atoms with E-state index in [9.17, 15) is 0 Å². The molecule has 0 saturated heterocycles. The minimum absolute atomic E-state index is 0.586. The lowest BCUT2D eigenvalue weighted by molar-refractivity contribution is 1.17. The molecule has 2 aromatic rings. The summed E-state index contributed by atoms with van der Waals surface area (Å²) >= 11 is 3.05. The number of thiazole rings is 1. The number of hydrogen-bond acceptors (Lipinski definition) is 6. The molecule has 2 heterocycles. The molecule has 0 bridgehead atoms. The van der Waals surface area contributed by atoms with Crippen molar-refractivity contribution in [2.24, 2.45) is 0 Å². The van der Waals surface area contributed by atoms with Gasteiger partial charge in [0.1, 0.15) is 15.8 Å². The predicted octanol–water partition coefficient (Wildman–Crippen LogP) is 2.73. The molecule has 1 aliphatic carbocycles. The maximum Gasteiger partial charge on any atom is 0.149 e. The van der Waals surface area contributed by atoms with Crippen molar-refractivity contribution in [1.82, 2.24) is 9.36 Å². The Morgan fingerprint density at radius 2 is 2.31 bits per heavy atom. The average Bonchev–Trinajstić information content (AvgIpc) is 2.85. The molecule has 3 N–H and O–H groups in total. The topological polar surface area (TPSA) is 63.8 Å². The highest BCUT2D eigenvalue weighted by Crippen LogP contribution is 2.40. The van der Waals surface area contributed by atoms with Crippen molar-refractivity contribution in [1.29, 1.82) is 0 Å². The van der Waals surface area contributed by atoms with Crippen LogP contribution in [0.25, 0.3) is 10.6 Å². The molecule has 2 aromatic heterocycles. The van der Waals surface area contributed by atoms with Gasteiger partial charge in [-0.1, -0.05) is 0 Å². The number of nitrogens with zero attached hydrogens (tertiary/aromatic N) is 2. The summed E-state index contributed by atoms with van der Waals surface area (Å²) in [6, 6.07) is 0.611. The summed E-state index contributed by atoms with van der Waals surface area (Å²) in [6.07, 6.45) is 2.49. The molecule has 0 radical (unpaired) electrons. The van der Waals surface area contributed by atoms with Gasteiger partial charge in [0.05, 0.1) is 5.56 Å². The van der Waals surface area contributed by atoms with Gasteiger partial charge < -0.3 is 11.1 Å². The van der Waals surface area contributed by atoms with Gasteiger partial charge in [-0.25, -0.2) is 4.98 Å². The van der Waals surface area contributed by atoms with Gasteiger partial charge in [-0.3, -0.25) is 0 Å². The summed E-state index contributed by atoms with van der Waals surface area (Å²) in [7, 11) is 0. The molecule has 0 spiro atoms. The summed E-state index contributed by atoms with van der Waals surface area (Å²) in [5, 5.41) is 7.52. The highest BCUT2D eigenvalue weighted by molar-refractivity contribution is 7.15. The third-order valence-electron chi connectivity index (χ3n) is 2.46. The first-order valence-electron chi connectivity index (χ1n) is 5.18. The second kappa shape index (κ2) is 3.71. The lowest BCUT2D eigenvalue weighted by Crippen LogP contribution is -2.00. The fraction of sp³-hybridized carbons (Fsp3) is 0.400. The molecule has 16 heavy (non-hydrogen) atoms. The number of aromatic nitrogens is 2. The van der Waals surface area contributed by atoms with Crippen LogP contribution in [0.5, 0.6) is 0 Å². The Labute approximate surface area is 102 Å². The van der Waals surface area contributed by atoms with Gasteiger partial charge in [-0.15, -0.1) is 11.3 Å². The van der Waals surface area contributed by atoms with Crippen molar-refractivity contribution in [3.63, 3.8) is 0 Å². The Morgan fingerprint density at radius 1 is 1.50 bits per heavy atom. The number of nitrogen functional groups attached to an aromatic ring is 1. The van der Waals surface area contributed by atoms with Crippen LogP contribution in [0.1, 0.15) is 18.5 Å². The van der Waals surface area contributed by atoms with Gasteiger partial charge in [0.2, 0.25) is 0 Å². The molecule has 1 aliphatic rings. The molecule has 3 rings (SSSR count). The Hall–Kier alpha value is -1.14. The van der Waals surface area contributed by atoms with Crippen LogP contribution in [0.15, 0.2) is 5.38 Å². The Bertz CT molecular complexity index is 513. The first-order chi connectivity index (χ1) is 7.74. The molecule has 0 atom stereocenters. The Balaban J connectivity index is 2.00. The highest BCUT2D eigenvalue weighted by Gasteiger charge is 2.25. The van der Waals surface area contributed by atoms with E-state index in [2.05, 4.69) is 14.7 Å². The zero-order valence-corrected chi connectivity index (χ0v) is 10.5. The van der Waals surface area contributed by atoms with Crippen LogP contribution in [-0.2, 0) is 0 Å². The standard InChI is InChI=1S/C10H12N4S2/c1-5-4-15-9(12-5)7-8(11)14-16-10(7)13-6-2-3-6/h4,6,13H,2-3H2,1H3,(H2,11,14). The van der Waals surface area contributed by atoms with Crippen molar-refractivity contribution in [2.75, 3.05) is 11.1 Å². The van der Waals surface area contributed by atoms with Crippen molar-refractivity contribution < 1.29 is 0 Å². The number of nitrogens with two attached hydrogens (primary N) is 1. The lowest BCUT2D eigenvalue weighted by atomic mass is 10.3.